The molecule has 0 fully saturated rings. The third-order valence-corrected chi connectivity index (χ3v) is 4.77. The molecule has 3 amide bonds. The average molecular weight is 408 g/mol. The van der Waals surface area contributed by atoms with Crippen LogP contribution in [0.5, 0.6) is 0 Å². The minimum absolute atomic E-state index is 0.136. The molecule has 148 valence electrons. The fourth-order valence-electron chi connectivity index (χ4n) is 2.47. The van der Waals surface area contributed by atoms with Crippen LogP contribution in [0.15, 0.2) is 60.0 Å². The van der Waals surface area contributed by atoms with Crippen molar-refractivity contribution in [3.63, 3.8) is 0 Å². The van der Waals surface area contributed by atoms with Crippen molar-refractivity contribution in [2.24, 2.45) is 0 Å². The number of nitrogens with zero attached hydrogens (tertiary/aromatic N) is 1. The maximum atomic E-state index is 12.0. The van der Waals surface area contributed by atoms with E-state index in [0.717, 1.165) is 16.8 Å². The third-order valence-electron chi connectivity index (χ3n) is 4.01. The lowest BCUT2D eigenvalue weighted by molar-refractivity contribution is -0.136. The number of carbonyl (C=O) groups is 3. The van der Waals surface area contributed by atoms with E-state index in [1.807, 2.05) is 54.8 Å². The molecule has 3 aromatic rings. The van der Waals surface area contributed by atoms with Crippen LogP contribution in [0, 0.1) is 6.92 Å². The van der Waals surface area contributed by atoms with Gasteiger partial charge in [-0.05, 0) is 19.1 Å². The van der Waals surface area contributed by atoms with Crippen molar-refractivity contribution in [1.29, 1.82) is 0 Å². The van der Waals surface area contributed by atoms with Crippen LogP contribution in [0.25, 0.3) is 11.3 Å². The quantitative estimate of drug-likeness (QED) is 0.431. The summed E-state index contributed by atoms with van der Waals surface area (Å²) in [5.74, 6) is -1.82. The Balaban J connectivity index is 1.41. The number of aryl methyl sites for hydroxylation is 1. The first-order chi connectivity index (χ1) is 14.0. The largest absolute Gasteiger partial charge is 0.350 e. The van der Waals surface area contributed by atoms with E-state index in [1.165, 1.54) is 11.3 Å². The molecule has 7 nitrogen and oxygen atoms in total. The molecule has 0 saturated carbocycles. The van der Waals surface area contributed by atoms with Crippen LogP contribution < -0.4 is 16.0 Å². The standard InChI is InChI=1S/C21H20N4O3S/c1-14-7-9-16(10-8-14)18(26)22-11-12-23-19(27)20(28)25-21-24-17(13-29-21)15-5-3-2-4-6-15/h2-10,13H,11-12H2,1H3,(H,22,26)(H,23,27)(H,24,25,28). The molecule has 2 aromatic carbocycles. The molecular weight excluding hydrogens is 388 g/mol. The van der Waals surface area contributed by atoms with Crippen LogP contribution in [0.4, 0.5) is 5.13 Å². The van der Waals surface area contributed by atoms with Gasteiger partial charge in [0.05, 0.1) is 5.69 Å². The van der Waals surface area contributed by atoms with E-state index in [1.54, 1.807) is 12.1 Å². The maximum absolute atomic E-state index is 12.0. The zero-order valence-corrected chi connectivity index (χ0v) is 16.6. The molecule has 0 radical (unpaired) electrons. The van der Waals surface area contributed by atoms with Gasteiger partial charge in [0.15, 0.2) is 5.13 Å². The van der Waals surface area contributed by atoms with E-state index >= 15 is 0 Å². The van der Waals surface area contributed by atoms with Gasteiger partial charge in [0.25, 0.3) is 5.91 Å². The molecule has 0 unspecified atom stereocenters. The Kier molecular flexibility index (Phi) is 6.70. The van der Waals surface area contributed by atoms with Crippen LogP contribution >= 0.6 is 11.3 Å². The van der Waals surface area contributed by atoms with Gasteiger partial charge in [0, 0.05) is 29.6 Å². The summed E-state index contributed by atoms with van der Waals surface area (Å²) < 4.78 is 0. The van der Waals surface area contributed by atoms with E-state index in [-0.39, 0.29) is 19.0 Å². The summed E-state index contributed by atoms with van der Waals surface area (Å²) >= 11 is 1.24. The summed E-state index contributed by atoms with van der Waals surface area (Å²) in [7, 11) is 0. The highest BCUT2D eigenvalue weighted by Gasteiger charge is 2.15. The molecule has 1 aromatic heterocycles. The Bertz CT molecular complexity index is 1000. The second-order valence-corrected chi connectivity index (χ2v) is 7.09. The molecule has 3 N–H and O–H groups in total. The summed E-state index contributed by atoms with van der Waals surface area (Å²) in [4.78, 5) is 40.2. The molecule has 0 saturated heterocycles. The molecule has 8 heteroatoms. The van der Waals surface area contributed by atoms with Gasteiger partial charge in [-0.2, -0.15) is 0 Å². The zero-order chi connectivity index (χ0) is 20.6. The predicted molar refractivity (Wildman–Crippen MR) is 113 cm³/mol. The Morgan fingerprint density at radius 2 is 1.59 bits per heavy atom. The molecule has 0 aliphatic heterocycles. The molecule has 0 atom stereocenters. The fraction of sp³-hybridized carbons (Fsp3) is 0.143. The van der Waals surface area contributed by atoms with Gasteiger partial charge in [0.1, 0.15) is 0 Å². The minimum atomic E-state index is -0.802. The number of aromatic nitrogens is 1. The monoisotopic (exact) mass is 408 g/mol. The minimum Gasteiger partial charge on any atom is -0.350 e. The van der Waals surface area contributed by atoms with Crippen molar-refractivity contribution >= 4 is 34.2 Å². The first-order valence-electron chi connectivity index (χ1n) is 8.98. The molecule has 1 heterocycles. The average Bonchev–Trinajstić information content (AvgIpc) is 3.20. The van der Waals surface area contributed by atoms with Crippen molar-refractivity contribution in [1.82, 2.24) is 15.6 Å². The molecule has 0 aliphatic rings. The van der Waals surface area contributed by atoms with Crippen molar-refractivity contribution in [2.45, 2.75) is 6.92 Å². The topological polar surface area (TPSA) is 100 Å². The highest BCUT2D eigenvalue weighted by atomic mass is 32.1. The lowest BCUT2D eigenvalue weighted by atomic mass is 10.1. The fourth-order valence-corrected chi connectivity index (χ4v) is 3.18. The van der Waals surface area contributed by atoms with Crippen LogP contribution in [-0.4, -0.2) is 35.8 Å². The van der Waals surface area contributed by atoms with E-state index in [2.05, 4.69) is 20.9 Å². The Morgan fingerprint density at radius 1 is 0.897 bits per heavy atom. The number of thiazole rings is 1. The van der Waals surface area contributed by atoms with Gasteiger partial charge >= 0.3 is 11.8 Å². The number of amides is 3. The maximum Gasteiger partial charge on any atom is 0.315 e. The normalized spacial score (nSPS) is 10.2. The van der Waals surface area contributed by atoms with Gasteiger partial charge < -0.3 is 10.6 Å². The predicted octanol–water partition coefficient (Wildman–Crippen LogP) is 2.60. The summed E-state index contributed by atoms with van der Waals surface area (Å²) in [6, 6.07) is 16.7. The number of benzene rings is 2. The molecule has 29 heavy (non-hydrogen) atoms. The van der Waals surface area contributed by atoms with Gasteiger partial charge in [-0.25, -0.2) is 4.98 Å². The lowest BCUT2D eigenvalue weighted by Gasteiger charge is -2.07. The summed E-state index contributed by atoms with van der Waals surface area (Å²) in [5.41, 5.74) is 3.26. The third kappa shape index (κ3) is 5.73. The van der Waals surface area contributed by atoms with Crippen LogP contribution in [0.3, 0.4) is 0 Å². The summed E-state index contributed by atoms with van der Waals surface area (Å²) in [5, 5.41) is 9.79. The lowest BCUT2D eigenvalue weighted by Crippen LogP contribution is -2.40. The van der Waals surface area contributed by atoms with Gasteiger partial charge in [-0.15, -0.1) is 11.3 Å². The van der Waals surface area contributed by atoms with Gasteiger partial charge in [-0.1, -0.05) is 48.0 Å². The highest BCUT2D eigenvalue weighted by molar-refractivity contribution is 7.14. The van der Waals surface area contributed by atoms with Crippen molar-refractivity contribution < 1.29 is 14.4 Å². The van der Waals surface area contributed by atoms with Crippen LogP contribution in [0.1, 0.15) is 15.9 Å². The van der Waals surface area contributed by atoms with Crippen molar-refractivity contribution in [3.8, 4) is 11.3 Å². The number of rotatable bonds is 6. The first-order valence-corrected chi connectivity index (χ1v) is 9.86. The number of anilines is 1. The molecule has 0 aliphatic carbocycles. The van der Waals surface area contributed by atoms with Crippen molar-refractivity contribution in [2.75, 3.05) is 18.4 Å². The van der Waals surface area contributed by atoms with E-state index in [4.69, 9.17) is 0 Å². The smallest absolute Gasteiger partial charge is 0.315 e. The molecule has 0 bridgehead atoms. The van der Waals surface area contributed by atoms with E-state index in [9.17, 15) is 14.4 Å². The van der Waals surface area contributed by atoms with E-state index < -0.39 is 11.8 Å². The summed E-state index contributed by atoms with van der Waals surface area (Å²) in [6.45, 7) is 2.29. The Morgan fingerprint density at radius 3 is 2.31 bits per heavy atom. The zero-order valence-electron chi connectivity index (χ0n) is 15.8. The molecule has 0 spiro atoms. The molecule has 3 rings (SSSR count). The highest BCUT2D eigenvalue weighted by Crippen LogP contribution is 2.24. The van der Waals surface area contributed by atoms with Gasteiger partial charge in [0.2, 0.25) is 0 Å². The second-order valence-electron chi connectivity index (χ2n) is 6.24. The van der Waals surface area contributed by atoms with Crippen LogP contribution in [-0.2, 0) is 9.59 Å². The first kappa shape index (κ1) is 20.2. The van der Waals surface area contributed by atoms with Crippen molar-refractivity contribution in [3.05, 3.63) is 71.1 Å². The Labute approximate surface area is 172 Å². The number of nitrogens with one attached hydrogen (secondary N) is 3. The number of hydrogen-bond donors (Lipinski definition) is 3. The second kappa shape index (κ2) is 9.61. The SMILES string of the molecule is Cc1ccc(C(=O)NCCNC(=O)C(=O)Nc2nc(-c3ccccc3)cs2)cc1. The number of carbonyl (C=O) groups excluding carboxylic acids is 3. The van der Waals surface area contributed by atoms with E-state index in [0.29, 0.717) is 10.7 Å². The van der Waals surface area contributed by atoms with Crippen LogP contribution in [0.2, 0.25) is 0 Å². The molecular formula is C21H20N4O3S. The summed E-state index contributed by atoms with van der Waals surface area (Å²) in [6.07, 6.45) is 0. The Hall–Kier alpha value is -3.52. The van der Waals surface area contributed by atoms with Gasteiger partial charge in [-0.3, -0.25) is 19.7 Å². The number of hydrogen-bond acceptors (Lipinski definition) is 5.